The molecule has 1 heterocycles. The highest BCUT2D eigenvalue weighted by atomic mass is 32.2. The number of ether oxygens (including phenoxy) is 1. The number of aromatic amines is 1. The van der Waals surface area contributed by atoms with Gasteiger partial charge in [-0.3, -0.25) is 0 Å². The van der Waals surface area contributed by atoms with Crippen molar-refractivity contribution in [1.29, 1.82) is 0 Å². The predicted octanol–water partition coefficient (Wildman–Crippen LogP) is 2.06. The molecule has 1 atom stereocenters. The minimum atomic E-state index is 0.173. The van der Waals surface area contributed by atoms with Gasteiger partial charge >= 0.3 is 0 Å². The standard InChI is InChI=1S/C10H12N4OS/c1-7(10-11-13-14-12-10)16-9-5-3-8(15-2)4-6-9/h3-7H,1-2H3,(H,11,12,13,14). The lowest BCUT2D eigenvalue weighted by Crippen LogP contribution is -1.91. The molecule has 1 aromatic heterocycles. The lowest BCUT2D eigenvalue weighted by molar-refractivity contribution is 0.414. The van der Waals surface area contributed by atoms with Crippen molar-refractivity contribution in [3.63, 3.8) is 0 Å². The Kier molecular flexibility index (Phi) is 3.40. The summed E-state index contributed by atoms with van der Waals surface area (Å²) in [4.78, 5) is 1.15. The average molecular weight is 236 g/mol. The van der Waals surface area contributed by atoms with Gasteiger partial charge in [0.25, 0.3) is 0 Å². The van der Waals surface area contributed by atoms with Crippen molar-refractivity contribution in [1.82, 2.24) is 20.6 Å². The van der Waals surface area contributed by atoms with Crippen LogP contribution in [0.5, 0.6) is 5.75 Å². The Bertz CT molecular complexity index is 429. The monoisotopic (exact) mass is 236 g/mol. The lowest BCUT2D eigenvalue weighted by Gasteiger charge is -2.07. The Morgan fingerprint density at radius 3 is 2.62 bits per heavy atom. The van der Waals surface area contributed by atoms with Crippen LogP contribution in [-0.2, 0) is 0 Å². The van der Waals surface area contributed by atoms with E-state index in [1.807, 2.05) is 31.2 Å². The zero-order valence-corrected chi connectivity index (χ0v) is 9.86. The van der Waals surface area contributed by atoms with E-state index in [2.05, 4.69) is 20.6 Å². The fourth-order valence-electron chi connectivity index (χ4n) is 1.25. The molecule has 0 saturated carbocycles. The molecule has 84 valence electrons. The second-order valence-electron chi connectivity index (χ2n) is 3.21. The first kappa shape index (κ1) is 10.9. The quantitative estimate of drug-likeness (QED) is 0.823. The number of H-pyrrole nitrogens is 1. The number of nitrogens with one attached hydrogen (secondary N) is 1. The number of hydrogen-bond donors (Lipinski definition) is 1. The van der Waals surface area contributed by atoms with Crippen LogP contribution in [0.3, 0.4) is 0 Å². The number of thioether (sulfide) groups is 1. The summed E-state index contributed by atoms with van der Waals surface area (Å²) in [6, 6.07) is 7.90. The van der Waals surface area contributed by atoms with Crippen molar-refractivity contribution in [2.24, 2.45) is 0 Å². The van der Waals surface area contributed by atoms with Crippen LogP contribution in [0, 0.1) is 0 Å². The van der Waals surface area contributed by atoms with E-state index in [1.165, 1.54) is 0 Å². The number of benzene rings is 1. The number of rotatable bonds is 4. The molecule has 5 nitrogen and oxygen atoms in total. The van der Waals surface area contributed by atoms with Crippen LogP contribution in [0.15, 0.2) is 29.2 Å². The Hall–Kier alpha value is -1.56. The molecule has 0 aliphatic rings. The first-order valence-corrected chi connectivity index (χ1v) is 5.71. The van der Waals surface area contributed by atoms with Crippen molar-refractivity contribution in [3.05, 3.63) is 30.1 Å². The van der Waals surface area contributed by atoms with E-state index in [-0.39, 0.29) is 5.25 Å². The molecule has 0 aliphatic carbocycles. The van der Waals surface area contributed by atoms with Gasteiger partial charge in [-0.25, -0.2) is 0 Å². The van der Waals surface area contributed by atoms with Gasteiger partial charge in [-0.15, -0.1) is 22.0 Å². The SMILES string of the molecule is COc1ccc(SC(C)c2nn[nH]n2)cc1. The topological polar surface area (TPSA) is 63.7 Å². The van der Waals surface area contributed by atoms with E-state index < -0.39 is 0 Å². The maximum atomic E-state index is 5.10. The number of tetrazole rings is 1. The Labute approximate surface area is 97.6 Å². The Morgan fingerprint density at radius 2 is 2.06 bits per heavy atom. The van der Waals surface area contributed by atoms with Crippen LogP contribution in [0.4, 0.5) is 0 Å². The highest BCUT2D eigenvalue weighted by molar-refractivity contribution is 7.99. The molecule has 6 heteroatoms. The first-order valence-electron chi connectivity index (χ1n) is 4.83. The van der Waals surface area contributed by atoms with Crippen LogP contribution < -0.4 is 4.74 Å². The molecule has 0 amide bonds. The largest absolute Gasteiger partial charge is 0.497 e. The highest BCUT2D eigenvalue weighted by Gasteiger charge is 2.11. The van der Waals surface area contributed by atoms with Crippen molar-refractivity contribution >= 4 is 11.8 Å². The van der Waals surface area contributed by atoms with Gasteiger partial charge in [0.15, 0.2) is 5.82 Å². The van der Waals surface area contributed by atoms with E-state index in [0.29, 0.717) is 5.82 Å². The van der Waals surface area contributed by atoms with Crippen LogP contribution in [0.2, 0.25) is 0 Å². The second-order valence-corrected chi connectivity index (χ2v) is 4.62. The van der Waals surface area contributed by atoms with Crippen molar-refractivity contribution in [2.75, 3.05) is 7.11 Å². The molecule has 0 radical (unpaired) electrons. The summed E-state index contributed by atoms with van der Waals surface area (Å²) in [6.07, 6.45) is 0. The van der Waals surface area contributed by atoms with Crippen LogP contribution >= 0.6 is 11.8 Å². The third-order valence-electron chi connectivity index (χ3n) is 2.10. The second kappa shape index (κ2) is 4.98. The fraction of sp³-hybridized carbons (Fsp3) is 0.300. The highest BCUT2D eigenvalue weighted by Crippen LogP contribution is 2.33. The summed E-state index contributed by atoms with van der Waals surface area (Å²) in [6.45, 7) is 2.04. The molecular formula is C10H12N4OS. The van der Waals surface area contributed by atoms with Crippen molar-refractivity contribution in [2.45, 2.75) is 17.1 Å². The number of hydrogen-bond acceptors (Lipinski definition) is 5. The molecule has 0 spiro atoms. The molecule has 2 rings (SSSR count). The summed E-state index contributed by atoms with van der Waals surface area (Å²) in [7, 11) is 1.66. The Morgan fingerprint density at radius 1 is 1.31 bits per heavy atom. The van der Waals surface area contributed by atoms with Gasteiger partial charge in [0, 0.05) is 4.90 Å². The van der Waals surface area contributed by atoms with Crippen LogP contribution in [0.25, 0.3) is 0 Å². The average Bonchev–Trinajstić information content (AvgIpc) is 2.83. The summed E-state index contributed by atoms with van der Waals surface area (Å²) < 4.78 is 5.10. The molecule has 0 aliphatic heterocycles. The van der Waals surface area contributed by atoms with Gasteiger partial charge in [0.1, 0.15) is 5.75 Å². The van der Waals surface area contributed by atoms with E-state index in [9.17, 15) is 0 Å². The molecular weight excluding hydrogens is 224 g/mol. The molecule has 0 fully saturated rings. The third kappa shape index (κ3) is 2.52. The summed E-state index contributed by atoms with van der Waals surface area (Å²) in [5.74, 6) is 1.57. The molecule has 2 aromatic rings. The smallest absolute Gasteiger partial charge is 0.187 e. The number of nitrogens with zero attached hydrogens (tertiary/aromatic N) is 3. The first-order chi connectivity index (χ1) is 7.79. The maximum Gasteiger partial charge on any atom is 0.187 e. The zero-order valence-electron chi connectivity index (χ0n) is 9.04. The van der Waals surface area contributed by atoms with Gasteiger partial charge in [0.2, 0.25) is 0 Å². The molecule has 0 saturated heterocycles. The number of methoxy groups -OCH3 is 1. The van der Waals surface area contributed by atoms with Gasteiger partial charge in [-0.05, 0) is 31.2 Å². The van der Waals surface area contributed by atoms with E-state index in [0.717, 1.165) is 10.6 Å². The fourth-order valence-corrected chi connectivity index (χ4v) is 2.16. The zero-order chi connectivity index (χ0) is 11.4. The van der Waals surface area contributed by atoms with Crippen LogP contribution in [0.1, 0.15) is 18.0 Å². The van der Waals surface area contributed by atoms with Gasteiger partial charge in [-0.1, -0.05) is 5.21 Å². The molecule has 1 aromatic carbocycles. The summed E-state index contributed by atoms with van der Waals surface area (Å²) in [5.41, 5.74) is 0. The van der Waals surface area contributed by atoms with E-state index >= 15 is 0 Å². The van der Waals surface area contributed by atoms with Gasteiger partial charge in [0.05, 0.1) is 12.4 Å². The van der Waals surface area contributed by atoms with Crippen molar-refractivity contribution < 1.29 is 4.74 Å². The third-order valence-corrected chi connectivity index (χ3v) is 3.21. The lowest BCUT2D eigenvalue weighted by atomic mass is 10.3. The maximum absolute atomic E-state index is 5.10. The van der Waals surface area contributed by atoms with Crippen LogP contribution in [-0.4, -0.2) is 27.7 Å². The van der Waals surface area contributed by atoms with E-state index in [4.69, 9.17) is 4.74 Å². The minimum Gasteiger partial charge on any atom is -0.497 e. The summed E-state index contributed by atoms with van der Waals surface area (Å²) >= 11 is 1.68. The minimum absolute atomic E-state index is 0.173. The van der Waals surface area contributed by atoms with Gasteiger partial charge in [-0.2, -0.15) is 5.21 Å². The van der Waals surface area contributed by atoms with E-state index in [1.54, 1.807) is 18.9 Å². The summed E-state index contributed by atoms with van der Waals surface area (Å²) in [5, 5.41) is 14.1. The molecule has 1 unspecified atom stereocenters. The molecule has 0 bridgehead atoms. The molecule has 16 heavy (non-hydrogen) atoms. The van der Waals surface area contributed by atoms with Gasteiger partial charge < -0.3 is 4.74 Å². The Balaban J connectivity index is 2.03. The predicted molar refractivity (Wildman–Crippen MR) is 61.4 cm³/mol. The normalized spacial score (nSPS) is 12.4. The molecule has 1 N–H and O–H groups in total. The van der Waals surface area contributed by atoms with Crippen molar-refractivity contribution in [3.8, 4) is 5.75 Å². The number of aromatic nitrogens is 4.